The Bertz CT molecular complexity index is 1230. The first-order valence-electron chi connectivity index (χ1n) is 11.3. The largest absolute Gasteiger partial charge is 0.334 e. The Hall–Kier alpha value is -2.49. The summed E-state index contributed by atoms with van der Waals surface area (Å²) < 4.78 is 29.6. The summed E-state index contributed by atoms with van der Waals surface area (Å²) in [7, 11) is -1.61. The SMILES string of the molecule is C=CCN(Cc1cccs1)C(=O)CCc1nc2cc(S(=O)(=O)N3CCCCC3)ccc2n1C. The number of piperidine rings is 1. The molecule has 1 aliphatic heterocycles. The van der Waals surface area contributed by atoms with Crippen LogP contribution in [0.4, 0.5) is 0 Å². The van der Waals surface area contributed by atoms with Crippen molar-refractivity contribution in [3.63, 3.8) is 0 Å². The molecule has 1 fully saturated rings. The van der Waals surface area contributed by atoms with Gasteiger partial charge in [0.25, 0.3) is 0 Å². The lowest BCUT2D eigenvalue weighted by Gasteiger charge is -2.25. The van der Waals surface area contributed by atoms with E-state index in [4.69, 9.17) is 0 Å². The van der Waals surface area contributed by atoms with Crippen LogP contribution >= 0.6 is 11.3 Å². The summed E-state index contributed by atoms with van der Waals surface area (Å²) in [5, 5.41) is 2.01. The second kappa shape index (κ2) is 10.2. The Morgan fingerprint density at radius 1 is 1.24 bits per heavy atom. The molecule has 0 saturated carbocycles. The minimum atomic E-state index is -3.51. The molecule has 7 nitrogen and oxygen atoms in total. The molecule has 0 spiro atoms. The predicted octanol–water partition coefficient (Wildman–Crippen LogP) is 3.96. The van der Waals surface area contributed by atoms with Crippen molar-refractivity contribution in [2.75, 3.05) is 19.6 Å². The highest BCUT2D eigenvalue weighted by atomic mass is 32.2. The first-order valence-corrected chi connectivity index (χ1v) is 13.6. The number of imidazole rings is 1. The van der Waals surface area contributed by atoms with Crippen LogP contribution in [-0.2, 0) is 34.8 Å². The molecule has 3 aromatic rings. The van der Waals surface area contributed by atoms with E-state index < -0.39 is 10.0 Å². The maximum atomic E-state index is 13.0. The van der Waals surface area contributed by atoms with Gasteiger partial charge in [-0.05, 0) is 42.5 Å². The Morgan fingerprint density at radius 3 is 2.73 bits per heavy atom. The van der Waals surface area contributed by atoms with E-state index in [0.717, 1.165) is 35.5 Å². The van der Waals surface area contributed by atoms with Crippen molar-refractivity contribution in [1.82, 2.24) is 18.8 Å². The fourth-order valence-electron chi connectivity index (χ4n) is 4.25. The van der Waals surface area contributed by atoms with Crippen LogP contribution in [0.25, 0.3) is 11.0 Å². The summed E-state index contributed by atoms with van der Waals surface area (Å²) in [6.07, 6.45) is 5.43. The number of hydrogen-bond acceptors (Lipinski definition) is 5. The highest BCUT2D eigenvalue weighted by Crippen LogP contribution is 2.25. The van der Waals surface area contributed by atoms with Gasteiger partial charge in [-0.25, -0.2) is 13.4 Å². The highest BCUT2D eigenvalue weighted by Gasteiger charge is 2.26. The zero-order valence-electron chi connectivity index (χ0n) is 18.9. The number of benzene rings is 1. The molecule has 176 valence electrons. The number of aromatic nitrogens is 2. The molecule has 1 saturated heterocycles. The number of carbonyl (C=O) groups excluding carboxylic acids is 1. The third-order valence-electron chi connectivity index (χ3n) is 6.09. The maximum absolute atomic E-state index is 13.0. The summed E-state index contributed by atoms with van der Waals surface area (Å²) in [6.45, 7) is 5.99. The minimum Gasteiger partial charge on any atom is -0.334 e. The van der Waals surface area contributed by atoms with Crippen molar-refractivity contribution in [3.8, 4) is 0 Å². The van der Waals surface area contributed by atoms with Crippen LogP contribution in [0, 0.1) is 0 Å². The second-order valence-electron chi connectivity index (χ2n) is 8.34. The van der Waals surface area contributed by atoms with Crippen LogP contribution in [0.2, 0.25) is 0 Å². The number of aryl methyl sites for hydroxylation is 2. The molecule has 1 aliphatic rings. The van der Waals surface area contributed by atoms with Gasteiger partial charge in [0.05, 0.1) is 22.5 Å². The Balaban J connectivity index is 1.49. The molecule has 3 heterocycles. The smallest absolute Gasteiger partial charge is 0.243 e. The molecule has 0 aliphatic carbocycles. The van der Waals surface area contributed by atoms with Gasteiger partial charge in [0.2, 0.25) is 15.9 Å². The van der Waals surface area contributed by atoms with Gasteiger partial charge < -0.3 is 9.47 Å². The van der Waals surface area contributed by atoms with Crippen LogP contribution < -0.4 is 0 Å². The molecule has 0 atom stereocenters. The minimum absolute atomic E-state index is 0.0451. The number of fused-ring (bicyclic) bond motifs is 1. The third kappa shape index (κ3) is 5.20. The number of sulfonamides is 1. The fourth-order valence-corrected chi connectivity index (χ4v) is 6.50. The predicted molar refractivity (Wildman–Crippen MR) is 132 cm³/mol. The molecular formula is C24H30N4O3S2. The Morgan fingerprint density at radius 2 is 2.03 bits per heavy atom. The topological polar surface area (TPSA) is 75.5 Å². The number of rotatable bonds is 9. The molecule has 0 N–H and O–H groups in total. The van der Waals surface area contributed by atoms with Gasteiger partial charge in [-0.1, -0.05) is 18.6 Å². The third-order valence-corrected chi connectivity index (χ3v) is 8.84. The van der Waals surface area contributed by atoms with Crippen LogP contribution in [0.15, 0.2) is 53.3 Å². The van der Waals surface area contributed by atoms with Gasteiger partial charge in [-0.2, -0.15) is 4.31 Å². The molecule has 9 heteroatoms. The molecule has 1 amide bonds. The highest BCUT2D eigenvalue weighted by molar-refractivity contribution is 7.89. The van der Waals surface area contributed by atoms with Crippen LogP contribution in [0.3, 0.4) is 0 Å². The quantitative estimate of drug-likeness (QED) is 0.429. The summed E-state index contributed by atoms with van der Waals surface area (Å²) in [4.78, 5) is 20.8. The number of nitrogens with zero attached hydrogens (tertiary/aromatic N) is 4. The van der Waals surface area contributed by atoms with Gasteiger partial charge >= 0.3 is 0 Å². The molecule has 0 radical (unpaired) electrons. The van der Waals surface area contributed by atoms with Gasteiger partial charge in [0.15, 0.2) is 0 Å². The average Bonchev–Trinajstić information content (AvgIpc) is 3.45. The average molecular weight is 487 g/mol. The molecule has 33 heavy (non-hydrogen) atoms. The van der Waals surface area contributed by atoms with E-state index in [-0.39, 0.29) is 10.8 Å². The molecule has 4 rings (SSSR count). The molecule has 2 aromatic heterocycles. The summed E-state index contributed by atoms with van der Waals surface area (Å²) in [5.74, 6) is 0.810. The summed E-state index contributed by atoms with van der Waals surface area (Å²) >= 11 is 1.63. The molecule has 1 aromatic carbocycles. The van der Waals surface area contributed by atoms with Crippen molar-refractivity contribution in [1.29, 1.82) is 0 Å². The van der Waals surface area contributed by atoms with Crippen molar-refractivity contribution >= 4 is 38.3 Å². The number of hydrogen-bond donors (Lipinski definition) is 0. The van der Waals surface area contributed by atoms with Gasteiger partial charge in [0, 0.05) is 44.4 Å². The van der Waals surface area contributed by atoms with Crippen molar-refractivity contribution in [2.45, 2.75) is 43.5 Å². The normalized spacial score (nSPS) is 15.1. The number of amides is 1. The lowest BCUT2D eigenvalue weighted by molar-refractivity contribution is -0.131. The van der Waals surface area contributed by atoms with Crippen molar-refractivity contribution in [2.24, 2.45) is 7.05 Å². The lowest BCUT2D eigenvalue weighted by Crippen LogP contribution is -2.35. The molecular weight excluding hydrogens is 456 g/mol. The standard InChI is InChI=1S/C24H30N4O3S2/c1-3-13-27(18-19-8-7-16-32-19)24(29)12-11-23-25-21-17-20(9-10-22(21)26(23)2)33(30,31)28-14-5-4-6-15-28/h3,7-10,16-17H,1,4-6,11-15,18H2,2H3. The second-order valence-corrected chi connectivity index (χ2v) is 11.3. The first kappa shape index (κ1) is 23.7. The van der Waals surface area contributed by atoms with Gasteiger partial charge in [-0.15, -0.1) is 17.9 Å². The monoisotopic (exact) mass is 486 g/mol. The van der Waals surface area contributed by atoms with Gasteiger partial charge in [-0.3, -0.25) is 4.79 Å². The maximum Gasteiger partial charge on any atom is 0.243 e. The van der Waals surface area contributed by atoms with Crippen LogP contribution in [0.5, 0.6) is 0 Å². The summed E-state index contributed by atoms with van der Waals surface area (Å²) in [6, 6.07) is 9.14. The van der Waals surface area contributed by atoms with Crippen LogP contribution in [-0.4, -0.2) is 52.7 Å². The zero-order valence-corrected chi connectivity index (χ0v) is 20.6. The Kier molecular flexibility index (Phi) is 7.31. The van der Waals surface area contributed by atoms with E-state index in [0.29, 0.717) is 44.5 Å². The van der Waals surface area contributed by atoms with Crippen LogP contribution in [0.1, 0.15) is 36.4 Å². The van der Waals surface area contributed by atoms with Crippen molar-refractivity contribution < 1.29 is 13.2 Å². The summed E-state index contributed by atoms with van der Waals surface area (Å²) in [5.41, 5.74) is 1.50. The molecule has 0 bridgehead atoms. The van der Waals surface area contributed by atoms with E-state index in [1.807, 2.05) is 35.2 Å². The fraction of sp³-hybridized carbons (Fsp3) is 0.417. The number of carbonyl (C=O) groups is 1. The lowest BCUT2D eigenvalue weighted by atomic mass is 10.2. The zero-order chi connectivity index (χ0) is 23.4. The van der Waals surface area contributed by atoms with Crippen molar-refractivity contribution in [3.05, 3.63) is 59.1 Å². The Labute approximate surface area is 199 Å². The van der Waals surface area contributed by atoms with E-state index >= 15 is 0 Å². The van der Waals surface area contributed by atoms with E-state index in [2.05, 4.69) is 11.6 Å². The van der Waals surface area contributed by atoms with Gasteiger partial charge in [0.1, 0.15) is 5.82 Å². The van der Waals surface area contributed by atoms with E-state index in [9.17, 15) is 13.2 Å². The number of thiophene rings is 1. The van der Waals surface area contributed by atoms with E-state index in [1.54, 1.807) is 38.8 Å². The molecule has 0 unspecified atom stereocenters. The van der Waals surface area contributed by atoms with E-state index in [1.165, 1.54) is 0 Å². The first-order chi connectivity index (χ1) is 15.9.